The Kier molecular flexibility index (Phi) is 3.23. The van der Waals surface area contributed by atoms with Crippen LogP contribution in [0.4, 0.5) is 5.82 Å². The highest BCUT2D eigenvalue weighted by molar-refractivity contribution is 9.10. The number of halogens is 1. The van der Waals surface area contributed by atoms with Crippen molar-refractivity contribution < 1.29 is 4.74 Å². The summed E-state index contributed by atoms with van der Waals surface area (Å²) in [7, 11) is 0. The molecular weight excluding hydrogens is 304 g/mol. The van der Waals surface area contributed by atoms with Gasteiger partial charge in [0.15, 0.2) is 0 Å². The summed E-state index contributed by atoms with van der Waals surface area (Å²) in [5, 5.41) is 5.89. The van der Waals surface area contributed by atoms with Crippen LogP contribution in [0.2, 0.25) is 0 Å². The second-order valence-corrected chi connectivity index (χ2v) is 6.15. The van der Waals surface area contributed by atoms with Gasteiger partial charge in [-0.05, 0) is 32.4 Å². The van der Waals surface area contributed by atoms with Gasteiger partial charge in [0.05, 0.1) is 11.6 Å². The average Bonchev–Trinajstić information content (AvgIpc) is 2.71. The predicted octanol–water partition coefficient (Wildman–Crippen LogP) is 3.98. The van der Waals surface area contributed by atoms with E-state index in [1.807, 2.05) is 18.3 Å². The van der Waals surface area contributed by atoms with E-state index >= 15 is 0 Å². The van der Waals surface area contributed by atoms with Crippen LogP contribution in [0.5, 0.6) is 0 Å². The Morgan fingerprint density at radius 1 is 1.37 bits per heavy atom. The van der Waals surface area contributed by atoms with Crippen molar-refractivity contribution in [2.75, 3.05) is 11.9 Å². The van der Waals surface area contributed by atoms with Crippen LogP contribution in [0.3, 0.4) is 0 Å². The van der Waals surface area contributed by atoms with Crippen molar-refractivity contribution in [1.82, 2.24) is 4.98 Å². The first-order valence-electron chi connectivity index (χ1n) is 6.53. The lowest BCUT2D eigenvalue weighted by Crippen LogP contribution is -2.41. The van der Waals surface area contributed by atoms with E-state index in [1.165, 1.54) is 5.39 Å². The minimum Gasteiger partial charge on any atom is -0.376 e. The van der Waals surface area contributed by atoms with E-state index in [2.05, 4.69) is 52.2 Å². The fraction of sp³-hybridized carbons (Fsp3) is 0.400. The first-order chi connectivity index (χ1) is 9.10. The molecule has 0 amide bonds. The van der Waals surface area contributed by atoms with Gasteiger partial charge in [-0.15, -0.1) is 0 Å². The molecule has 2 atom stereocenters. The lowest BCUT2D eigenvalue weighted by molar-refractivity contribution is 0.105. The van der Waals surface area contributed by atoms with Gasteiger partial charge in [0.25, 0.3) is 0 Å². The Bertz CT molecular complexity index is 616. The quantitative estimate of drug-likeness (QED) is 0.908. The molecule has 1 fully saturated rings. The minimum atomic E-state index is -0.0520. The zero-order chi connectivity index (χ0) is 13.5. The molecule has 2 unspecified atom stereocenters. The van der Waals surface area contributed by atoms with Gasteiger partial charge in [-0.1, -0.05) is 28.1 Å². The molecule has 19 heavy (non-hydrogen) atoms. The lowest BCUT2D eigenvalue weighted by atomic mass is 9.94. The molecule has 1 aliphatic rings. The molecule has 4 heteroatoms. The Morgan fingerprint density at radius 3 is 2.95 bits per heavy atom. The van der Waals surface area contributed by atoms with Crippen molar-refractivity contribution in [3.63, 3.8) is 0 Å². The Morgan fingerprint density at radius 2 is 2.21 bits per heavy atom. The molecule has 0 spiro atoms. The van der Waals surface area contributed by atoms with Gasteiger partial charge in [-0.25, -0.2) is 4.98 Å². The number of pyridine rings is 1. The zero-order valence-electron chi connectivity index (χ0n) is 11.1. The fourth-order valence-corrected chi connectivity index (χ4v) is 3.04. The highest BCUT2D eigenvalue weighted by Gasteiger charge is 2.37. The second kappa shape index (κ2) is 4.76. The zero-order valence-corrected chi connectivity index (χ0v) is 12.7. The molecule has 0 aliphatic carbocycles. The maximum absolute atomic E-state index is 5.68. The number of nitrogens with one attached hydrogen (secondary N) is 1. The third-order valence-corrected chi connectivity index (χ3v) is 4.73. The molecule has 1 aromatic carbocycles. The van der Waals surface area contributed by atoms with Crippen LogP contribution in [0.25, 0.3) is 10.8 Å². The molecule has 100 valence electrons. The number of rotatable bonds is 2. The smallest absolute Gasteiger partial charge is 0.134 e. The van der Waals surface area contributed by atoms with Crippen molar-refractivity contribution in [3.8, 4) is 0 Å². The van der Waals surface area contributed by atoms with E-state index in [9.17, 15) is 0 Å². The van der Waals surface area contributed by atoms with Gasteiger partial charge in [0, 0.05) is 28.0 Å². The number of nitrogens with zero attached hydrogens (tertiary/aromatic N) is 1. The minimum absolute atomic E-state index is 0.0520. The maximum Gasteiger partial charge on any atom is 0.134 e. The Hall–Kier alpha value is -1.13. The van der Waals surface area contributed by atoms with Gasteiger partial charge >= 0.3 is 0 Å². The third kappa shape index (κ3) is 2.23. The van der Waals surface area contributed by atoms with Crippen molar-refractivity contribution in [1.29, 1.82) is 0 Å². The summed E-state index contributed by atoms with van der Waals surface area (Å²) in [6, 6.07) is 8.21. The number of fused-ring (bicyclic) bond motifs is 1. The van der Waals surface area contributed by atoms with Crippen LogP contribution >= 0.6 is 15.9 Å². The summed E-state index contributed by atoms with van der Waals surface area (Å²) in [5.41, 5.74) is -0.0520. The molecule has 1 N–H and O–H groups in total. The first-order valence-corrected chi connectivity index (χ1v) is 7.32. The predicted molar refractivity (Wildman–Crippen MR) is 81.5 cm³/mol. The van der Waals surface area contributed by atoms with Crippen LogP contribution in [0, 0.1) is 0 Å². The lowest BCUT2D eigenvalue weighted by Gasteiger charge is -2.30. The number of aromatic nitrogens is 1. The summed E-state index contributed by atoms with van der Waals surface area (Å²) in [6.45, 7) is 5.11. The SMILES string of the molecule is CC1OCCC1(C)Nc1nccc2c(Br)cccc12. The average molecular weight is 321 g/mol. The van der Waals surface area contributed by atoms with Gasteiger partial charge in [0.2, 0.25) is 0 Å². The normalized spacial score (nSPS) is 26.8. The fourth-order valence-electron chi connectivity index (χ4n) is 2.54. The summed E-state index contributed by atoms with van der Waals surface area (Å²) >= 11 is 3.59. The summed E-state index contributed by atoms with van der Waals surface area (Å²) < 4.78 is 6.77. The molecule has 0 radical (unpaired) electrons. The number of anilines is 1. The van der Waals surface area contributed by atoms with Crippen LogP contribution in [-0.2, 0) is 4.74 Å². The maximum atomic E-state index is 5.68. The van der Waals surface area contributed by atoms with Crippen LogP contribution < -0.4 is 5.32 Å². The van der Waals surface area contributed by atoms with Gasteiger partial charge < -0.3 is 10.1 Å². The van der Waals surface area contributed by atoms with Crippen LogP contribution in [-0.4, -0.2) is 23.2 Å². The van der Waals surface area contributed by atoms with Crippen LogP contribution in [0.1, 0.15) is 20.3 Å². The van der Waals surface area contributed by atoms with E-state index in [4.69, 9.17) is 4.74 Å². The Balaban J connectivity index is 2.04. The molecular formula is C15H17BrN2O. The van der Waals surface area contributed by atoms with E-state index in [0.717, 1.165) is 28.7 Å². The number of ether oxygens (including phenoxy) is 1. The largest absolute Gasteiger partial charge is 0.376 e. The molecule has 3 rings (SSSR count). The Labute approximate surface area is 121 Å². The van der Waals surface area contributed by atoms with Crippen LogP contribution in [0.15, 0.2) is 34.9 Å². The number of benzene rings is 1. The monoisotopic (exact) mass is 320 g/mol. The number of hydrogen-bond acceptors (Lipinski definition) is 3. The summed E-state index contributed by atoms with van der Waals surface area (Å²) in [4.78, 5) is 4.50. The standard InChI is InChI=1S/C15H17BrN2O/c1-10-15(2,7-9-19-10)18-14-12-4-3-5-13(16)11(12)6-8-17-14/h3-6,8,10H,7,9H2,1-2H3,(H,17,18). The molecule has 2 aromatic rings. The van der Waals surface area contributed by atoms with Crippen molar-refractivity contribution >= 4 is 32.5 Å². The van der Waals surface area contributed by atoms with Gasteiger partial charge in [0.1, 0.15) is 5.82 Å². The van der Waals surface area contributed by atoms with Gasteiger partial charge in [-0.2, -0.15) is 0 Å². The molecule has 1 saturated heterocycles. The highest BCUT2D eigenvalue weighted by Crippen LogP contribution is 2.33. The van der Waals surface area contributed by atoms with E-state index in [0.29, 0.717) is 0 Å². The second-order valence-electron chi connectivity index (χ2n) is 5.30. The summed E-state index contributed by atoms with van der Waals surface area (Å²) in [5.74, 6) is 0.929. The molecule has 0 bridgehead atoms. The van der Waals surface area contributed by atoms with Crippen molar-refractivity contribution in [3.05, 3.63) is 34.9 Å². The first kappa shape index (κ1) is 12.9. The van der Waals surface area contributed by atoms with Crippen molar-refractivity contribution in [2.24, 2.45) is 0 Å². The number of hydrogen-bond donors (Lipinski definition) is 1. The third-order valence-electron chi connectivity index (χ3n) is 4.04. The van der Waals surface area contributed by atoms with E-state index in [-0.39, 0.29) is 11.6 Å². The summed E-state index contributed by atoms with van der Waals surface area (Å²) in [6.07, 6.45) is 3.04. The molecule has 3 nitrogen and oxygen atoms in total. The molecule has 0 saturated carbocycles. The molecule has 1 aromatic heterocycles. The molecule has 1 aliphatic heterocycles. The molecule has 2 heterocycles. The van der Waals surface area contributed by atoms with E-state index < -0.39 is 0 Å². The van der Waals surface area contributed by atoms with E-state index in [1.54, 1.807) is 0 Å². The topological polar surface area (TPSA) is 34.1 Å². The highest BCUT2D eigenvalue weighted by atomic mass is 79.9. The van der Waals surface area contributed by atoms with Crippen molar-refractivity contribution in [2.45, 2.75) is 31.9 Å². The van der Waals surface area contributed by atoms with Gasteiger partial charge in [-0.3, -0.25) is 0 Å².